The molecule has 0 saturated heterocycles. The normalized spacial score (nSPS) is 13.1. The minimum absolute atomic E-state index is 0.0648. The standard InChI is InChI=1S/C40H29B/c1-6-16-30(17-7-1)31-26-28-36(29-27-31)41-39(34-22-12-4-13-23-34)37(32-18-8-2-9-19-32)38(33-20-10-3-11-21-33)40(41)35-24-14-5-15-25-35/h1-29H. The van der Waals surface area contributed by atoms with Crippen LogP contribution in [0.2, 0.25) is 0 Å². The molecule has 41 heavy (non-hydrogen) atoms. The van der Waals surface area contributed by atoms with Gasteiger partial charge in [0.2, 0.25) is 6.71 Å². The summed E-state index contributed by atoms with van der Waals surface area (Å²) in [7, 11) is 0. The Kier molecular flexibility index (Phi) is 6.77. The van der Waals surface area contributed by atoms with Crippen LogP contribution in [0.15, 0.2) is 176 Å². The lowest BCUT2D eigenvalue weighted by atomic mass is 9.35. The fourth-order valence-electron chi connectivity index (χ4n) is 6.20. The van der Waals surface area contributed by atoms with Gasteiger partial charge >= 0.3 is 0 Å². The van der Waals surface area contributed by atoms with E-state index in [4.69, 9.17) is 0 Å². The van der Waals surface area contributed by atoms with Crippen LogP contribution in [0.1, 0.15) is 22.3 Å². The maximum Gasteiger partial charge on any atom is 0.244 e. The molecular formula is C40H29B. The lowest BCUT2D eigenvalue weighted by Crippen LogP contribution is -2.32. The SMILES string of the molecule is c1ccc(C2=C(c3ccccc3)C(c3ccccc3)=C(c3ccccc3)B2c2ccc(-c3ccccc3)cc2)cc1. The molecule has 0 radical (unpaired) electrons. The summed E-state index contributed by atoms with van der Waals surface area (Å²) in [4.78, 5) is 0. The Morgan fingerprint density at radius 3 is 0.902 bits per heavy atom. The Labute approximate surface area is 243 Å². The number of hydrogen-bond acceptors (Lipinski definition) is 0. The van der Waals surface area contributed by atoms with Crippen molar-refractivity contribution in [3.63, 3.8) is 0 Å². The summed E-state index contributed by atoms with van der Waals surface area (Å²) in [5.41, 5.74) is 14.0. The molecule has 6 aromatic rings. The monoisotopic (exact) mass is 520 g/mol. The lowest BCUT2D eigenvalue weighted by molar-refractivity contribution is 1.58. The first-order chi connectivity index (χ1) is 20.4. The lowest BCUT2D eigenvalue weighted by Gasteiger charge is -2.19. The van der Waals surface area contributed by atoms with E-state index in [0.717, 1.165) is 0 Å². The van der Waals surface area contributed by atoms with Crippen molar-refractivity contribution in [1.29, 1.82) is 0 Å². The summed E-state index contributed by atoms with van der Waals surface area (Å²) >= 11 is 0. The van der Waals surface area contributed by atoms with E-state index in [-0.39, 0.29) is 6.71 Å². The van der Waals surface area contributed by atoms with Crippen LogP contribution in [-0.4, -0.2) is 6.71 Å². The molecule has 1 aliphatic rings. The average Bonchev–Trinajstić information content (AvgIpc) is 3.43. The average molecular weight is 520 g/mol. The molecule has 1 heteroatoms. The zero-order valence-electron chi connectivity index (χ0n) is 22.8. The van der Waals surface area contributed by atoms with Crippen molar-refractivity contribution < 1.29 is 0 Å². The van der Waals surface area contributed by atoms with Gasteiger partial charge in [-0.25, -0.2) is 0 Å². The van der Waals surface area contributed by atoms with Gasteiger partial charge in [0, 0.05) is 0 Å². The van der Waals surface area contributed by atoms with Gasteiger partial charge in [-0.3, -0.25) is 0 Å². The predicted molar refractivity (Wildman–Crippen MR) is 177 cm³/mol. The first-order valence-corrected chi connectivity index (χ1v) is 14.2. The van der Waals surface area contributed by atoms with Crippen LogP contribution in [-0.2, 0) is 0 Å². The van der Waals surface area contributed by atoms with Gasteiger partial charge in [0.05, 0.1) is 0 Å². The zero-order valence-corrected chi connectivity index (χ0v) is 22.8. The molecule has 0 N–H and O–H groups in total. The third kappa shape index (κ3) is 4.77. The van der Waals surface area contributed by atoms with Gasteiger partial charge in [-0.15, -0.1) is 0 Å². The van der Waals surface area contributed by atoms with Crippen molar-refractivity contribution in [2.24, 2.45) is 0 Å². The first kappa shape index (κ1) is 24.9. The fourth-order valence-corrected chi connectivity index (χ4v) is 6.20. The van der Waals surface area contributed by atoms with Crippen LogP contribution >= 0.6 is 0 Å². The third-order valence-corrected chi connectivity index (χ3v) is 8.01. The largest absolute Gasteiger partial charge is 0.244 e. The van der Waals surface area contributed by atoms with E-state index < -0.39 is 0 Å². The highest BCUT2D eigenvalue weighted by molar-refractivity contribution is 7.08. The smallest absolute Gasteiger partial charge is 0.0685 e. The molecule has 6 aromatic carbocycles. The summed E-state index contributed by atoms with van der Waals surface area (Å²) in [5, 5.41) is 0. The molecular weight excluding hydrogens is 491 g/mol. The highest BCUT2D eigenvalue weighted by Gasteiger charge is 2.40. The second-order valence-electron chi connectivity index (χ2n) is 10.5. The summed E-state index contributed by atoms with van der Waals surface area (Å²) < 4.78 is 0. The maximum atomic E-state index is 2.33. The minimum Gasteiger partial charge on any atom is -0.0685 e. The van der Waals surface area contributed by atoms with Crippen molar-refractivity contribution in [3.8, 4) is 11.1 Å². The molecule has 0 unspecified atom stereocenters. The second kappa shape index (κ2) is 11.2. The topological polar surface area (TPSA) is 0 Å². The minimum atomic E-state index is 0.0648. The van der Waals surface area contributed by atoms with Crippen molar-refractivity contribution >= 4 is 34.3 Å². The molecule has 192 valence electrons. The van der Waals surface area contributed by atoms with Crippen molar-refractivity contribution in [2.75, 3.05) is 0 Å². The molecule has 0 bridgehead atoms. The zero-order chi connectivity index (χ0) is 27.4. The molecule has 7 rings (SSSR count). The Balaban J connectivity index is 1.55. The number of rotatable bonds is 6. The molecule has 1 heterocycles. The number of allylic oxidation sites excluding steroid dienone is 2. The molecule has 0 saturated carbocycles. The maximum absolute atomic E-state index is 2.33. The Hall–Kier alpha value is -5.14. The van der Waals surface area contributed by atoms with E-state index in [1.54, 1.807) is 0 Å². The first-order valence-electron chi connectivity index (χ1n) is 14.2. The molecule has 0 amide bonds. The van der Waals surface area contributed by atoms with Gasteiger partial charge in [-0.05, 0) is 44.5 Å². The summed E-state index contributed by atoms with van der Waals surface area (Å²) in [6.07, 6.45) is 0. The van der Waals surface area contributed by atoms with Gasteiger partial charge in [0.1, 0.15) is 0 Å². The fraction of sp³-hybridized carbons (Fsp3) is 0. The van der Waals surface area contributed by atoms with Crippen molar-refractivity contribution in [2.45, 2.75) is 0 Å². The summed E-state index contributed by atoms with van der Waals surface area (Å²) in [5.74, 6) is 0. The van der Waals surface area contributed by atoms with E-state index in [1.165, 1.54) is 60.9 Å². The Morgan fingerprint density at radius 1 is 0.244 bits per heavy atom. The van der Waals surface area contributed by atoms with Crippen molar-refractivity contribution in [3.05, 3.63) is 198 Å². The van der Waals surface area contributed by atoms with Crippen LogP contribution in [0, 0.1) is 0 Å². The molecule has 0 fully saturated rings. The Morgan fingerprint density at radius 2 is 0.537 bits per heavy atom. The Bertz CT molecular complexity index is 1720. The predicted octanol–water partition coefficient (Wildman–Crippen LogP) is 9.37. The highest BCUT2D eigenvalue weighted by Crippen LogP contribution is 2.50. The van der Waals surface area contributed by atoms with E-state index in [1.807, 2.05) is 0 Å². The number of benzene rings is 6. The van der Waals surface area contributed by atoms with Gasteiger partial charge in [0.15, 0.2) is 0 Å². The highest BCUT2D eigenvalue weighted by atomic mass is 14.3. The van der Waals surface area contributed by atoms with E-state index in [2.05, 4.69) is 176 Å². The van der Waals surface area contributed by atoms with E-state index in [9.17, 15) is 0 Å². The molecule has 0 atom stereocenters. The number of hydrogen-bond donors (Lipinski definition) is 0. The molecule has 0 aliphatic carbocycles. The quantitative estimate of drug-likeness (QED) is 0.192. The molecule has 0 aromatic heterocycles. The molecule has 0 spiro atoms. The van der Waals surface area contributed by atoms with Gasteiger partial charge in [-0.1, -0.05) is 192 Å². The van der Waals surface area contributed by atoms with Crippen LogP contribution < -0.4 is 5.46 Å². The summed E-state index contributed by atoms with van der Waals surface area (Å²) in [6.45, 7) is 0.0648. The second-order valence-corrected chi connectivity index (χ2v) is 10.5. The molecule has 1 aliphatic heterocycles. The molecule has 0 nitrogen and oxygen atoms in total. The van der Waals surface area contributed by atoms with Gasteiger partial charge in [-0.2, -0.15) is 0 Å². The van der Waals surface area contributed by atoms with E-state index in [0.29, 0.717) is 0 Å². The van der Waals surface area contributed by atoms with Crippen LogP contribution in [0.3, 0.4) is 0 Å². The van der Waals surface area contributed by atoms with Gasteiger partial charge in [0.25, 0.3) is 0 Å². The van der Waals surface area contributed by atoms with Crippen LogP contribution in [0.5, 0.6) is 0 Å². The third-order valence-electron chi connectivity index (χ3n) is 8.01. The van der Waals surface area contributed by atoms with Crippen LogP contribution in [0.25, 0.3) is 33.2 Å². The van der Waals surface area contributed by atoms with Gasteiger partial charge < -0.3 is 0 Å². The van der Waals surface area contributed by atoms with E-state index >= 15 is 0 Å². The van der Waals surface area contributed by atoms with Crippen LogP contribution in [0.4, 0.5) is 0 Å². The summed E-state index contributed by atoms with van der Waals surface area (Å²) in [6, 6.07) is 63.6. The van der Waals surface area contributed by atoms with Crippen molar-refractivity contribution in [1.82, 2.24) is 0 Å².